The van der Waals surface area contributed by atoms with Crippen LogP contribution in [0.3, 0.4) is 0 Å². The van der Waals surface area contributed by atoms with E-state index in [1.807, 2.05) is 45.0 Å². The van der Waals surface area contributed by atoms with Crippen molar-refractivity contribution in [3.8, 4) is 0 Å². The number of halogens is 1. The number of hydrogen-bond acceptors (Lipinski definition) is 2. The van der Waals surface area contributed by atoms with E-state index in [-0.39, 0.29) is 17.5 Å². The molecule has 0 saturated carbocycles. The molecule has 4 nitrogen and oxygen atoms in total. The van der Waals surface area contributed by atoms with Crippen molar-refractivity contribution in [3.05, 3.63) is 75.9 Å². The molecule has 0 aliphatic carbocycles. The first kappa shape index (κ1) is 19.7. The molecule has 0 unspecified atom stereocenters. The fraction of sp³-hybridized carbons (Fsp3) is 0.238. The molecule has 0 radical (unpaired) electrons. The van der Waals surface area contributed by atoms with Gasteiger partial charge in [0.1, 0.15) is 5.70 Å². The Morgan fingerprint density at radius 1 is 1.04 bits per heavy atom. The molecule has 2 aromatic rings. The molecule has 2 aromatic carbocycles. The maximum Gasteiger partial charge on any atom is 0.270 e. The summed E-state index contributed by atoms with van der Waals surface area (Å²) in [6, 6.07) is 14.4. The molecular weight excluding hydrogens is 348 g/mol. The van der Waals surface area contributed by atoms with Gasteiger partial charge in [-0.25, -0.2) is 0 Å². The molecule has 0 aromatic heterocycles. The van der Waals surface area contributed by atoms with Crippen molar-refractivity contribution in [1.82, 2.24) is 10.2 Å². The smallest absolute Gasteiger partial charge is 0.270 e. The highest BCUT2D eigenvalue weighted by atomic mass is 35.5. The zero-order valence-electron chi connectivity index (χ0n) is 15.3. The minimum atomic E-state index is -0.330. The zero-order chi connectivity index (χ0) is 19.1. The minimum absolute atomic E-state index is 0.201. The van der Waals surface area contributed by atoms with Crippen LogP contribution in [0.25, 0.3) is 6.08 Å². The molecule has 1 N–H and O–H groups in total. The van der Waals surface area contributed by atoms with E-state index >= 15 is 0 Å². The normalized spacial score (nSPS) is 11.2. The van der Waals surface area contributed by atoms with Gasteiger partial charge < -0.3 is 10.2 Å². The van der Waals surface area contributed by atoms with E-state index in [0.29, 0.717) is 29.2 Å². The lowest BCUT2D eigenvalue weighted by Gasteiger charge is -2.21. The summed E-state index contributed by atoms with van der Waals surface area (Å²) in [5.41, 5.74) is 2.43. The summed E-state index contributed by atoms with van der Waals surface area (Å²) in [4.78, 5) is 27.1. The molecular formula is C21H23ClN2O2. The maximum absolute atomic E-state index is 12.8. The van der Waals surface area contributed by atoms with Gasteiger partial charge in [-0.2, -0.15) is 0 Å². The predicted molar refractivity (Wildman–Crippen MR) is 106 cm³/mol. The van der Waals surface area contributed by atoms with E-state index in [9.17, 15) is 9.59 Å². The Hall–Kier alpha value is -2.59. The van der Waals surface area contributed by atoms with Crippen molar-refractivity contribution in [2.75, 3.05) is 13.1 Å². The maximum atomic E-state index is 12.8. The van der Waals surface area contributed by atoms with Crippen LogP contribution in [0.4, 0.5) is 0 Å². The predicted octanol–water partition coefficient (Wildman–Crippen LogP) is 4.29. The monoisotopic (exact) mass is 370 g/mol. The van der Waals surface area contributed by atoms with Gasteiger partial charge in [-0.15, -0.1) is 0 Å². The standard InChI is InChI=1S/C21H23ClN2O2/c1-4-24(5-2)21(26)19(14-17-8-6-7-9-18(17)22)23-20(25)16-12-10-15(3)11-13-16/h6-14H,4-5H2,1-3H3,(H,23,25)/b19-14-. The first-order valence-corrected chi connectivity index (χ1v) is 8.97. The molecule has 136 valence electrons. The molecule has 0 fully saturated rings. The second kappa shape index (κ2) is 9.20. The number of carbonyl (C=O) groups is 2. The lowest BCUT2D eigenvalue weighted by molar-refractivity contribution is -0.127. The largest absolute Gasteiger partial charge is 0.338 e. The number of hydrogen-bond donors (Lipinski definition) is 1. The van der Waals surface area contributed by atoms with Gasteiger partial charge in [0.15, 0.2) is 0 Å². The highest BCUT2D eigenvalue weighted by Gasteiger charge is 2.19. The molecule has 0 bridgehead atoms. The third-order valence-electron chi connectivity index (χ3n) is 4.05. The van der Waals surface area contributed by atoms with E-state index in [1.165, 1.54) is 0 Å². The molecule has 0 heterocycles. The van der Waals surface area contributed by atoms with Crippen LogP contribution >= 0.6 is 11.6 Å². The van der Waals surface area contributed by atoms with Gasteiger partial charge in [0.2, 0.25) is 0 Å². The number of likely N-dealkylation sites (N-methyl/N-ethyl adjacent to an activating group) is 1. The Morgan fingerprint density at radius 2 is 1.65 bits per heavy atom. The van der Waals surface area contributed by atoms with Gasteiger partial charge >= 0.3 is 0 Å². The number of carbonyl (C=O) groups excluding carboxylic acids is 2. The van der Waals surface area contributed by atoms with Crippen LogP contribution < -0.4 is 5.32 Å². The van der Waals surface area contributed by atoms with E-state index in [0.717, 1.165) is 5.56 Å². The van der Waals surface area contributed by atoms with Crippen LogP contribution in [0.2, 0.25) is 5.02 Å². The average Bonchev–Trinajstić information content (AvgIpc) is 2.64. The first-order valence-electron chi connectivity index (χ1n) is 8.59. The molecule has 0 aliphatic heterocycles. The molecule has 2 amide bonds. The van der Waals surface area contributed by atoms with Crippen LogP contribution in [0.1, 0.15) is 35.3 Å². The number of amides is 2. The number of rotatable bonds is 6. The highest BCUT2D eigenvalue weighted by Crippen LogP contribution is 2.18. The highest BCUT2D eigenvalue weighted by molar-refractivity contribution is 6.32. The van der Waals surface area contributed by atoms with Gasteiger partial charge in [-0.1, -0.05) is 47.5 Å². The summed E-state index contributed by atoms with van der Waals surface area (Å²) in [6.45, 7) is 6.85. The summed E-state index contributed by atoms with van der Waals surface area (Å²) >= 11 is 6.21. The molecule has 0 saturated heterocycles. The molecule has 0 spiro atoms. The van der Waals surface area contributed by atoms with Gasteiger partial charge in [0.25, 0.3) is 11.8 Å². The quantitative estimate of drug-likeness (QED) is 0.771. The zero-order valence-corrected chi connectivity index (χ0v) is 16.0. The summed E-state index contributed by atoms with van der Waals surface area (Å²) in [6.07, 6.45) is 1.62. The Bertz CT molecular complexity index is 809. The third kappa shape index (κ3) is 4.96. The Morgan fingerprint density at radius 3 is 2.23 bits per heavy atom. The molecule has 0 aliphatic rings. The van der Waals surface area contributed by atoms with Crippen LogP contribution in [0.5, 0.6) is 0 Å². The summed E-state index contributed by atoms with van der Waals surface area (Å²) in [5.74, 6) is -0.570. The van der Waals surface area contributed by atoms with Crippen LogP contribution in [0.15, 0.2) is 54.2 Å². The topological polar surface area (TPSA) is 49.4 Å². The first-order chi connectivity index (χ1) is 12.5. The lowest BCUT2D eigenvalue weighted by Crippen LogP contribution is -2.38. The Balaban J connectivity index is 2.37. The van der Waals surface area contributed by atoms with Crippen LogP contribution in [0, 0.1) is 6.92 Å². The summed E-state index contributed by atoms with van der Waals surface area (Å²) in [7, 11) is 0. The molecule has 26 heavy (non-hydrogen) atoms. The van der Waals surface area contributed by atoms with Crippen molar-refractivity contribution in [3.63, 3.8) is 0 Å². The van der Waals surface area contributed by atoms with Gasteiger partial charge in [-0.3, -0.25) is 9.59 Å². The fourth-order valence-electron chi connectivity index (χ4n) is 2.48. The van der Waals surface area contributed by atoms with Crippen molar-refractivity contribution in [1.29, 1.82) is 0 Å². The SMILES string of the molecule is CCN(CC)C(=O)/C(=C/c1ccccc1Cl)NC(=O)c1ccc(C)cc1. The van der Waals surface area contributed by atoms with E-state index < -0.39 is 0 Å². The second-order valence-electron chi connectivity index (χ2n) is 5.88. The Kier molecular flexibility index (Phi) is 6.98. The molecule has 0 atom stereocenters. The van der Waals surface area contributed by atoms with Gasteiger partial charge in [0, 0.05) is 23.7 Å². The van der Waals surface area contributed by atoms with Crippen molar-refractivity contribution in [2.45, 2.75) is 20.8 Å². The Labute approximate surface area is 159 Å². The summed E-state index contributed by atoms with van der Waals surface area (Å²) in [5, 5.41) is 3.27. The number of benzene rings is 2. The van der Waals surface area contributed by atoms with E-state index in [2.05, 4.69) is 5.32 Å². The molecule has 5 heteroatoms. The fourth-order valence-corrected chi connectivity index (χ4v) is 2.67. The average molecular weight is 371 g/mol. The van der Waals surface area contributed by atoms with Crippen molar-refractivity contribution in [2.24, 2.45) is 0 Å². The second-order valence-corrected chi connectivity index (χ2v) is 6.28. The summed E-state index contributed by atoms with van der Waals surface area (Å²) < 4.78 is 0. The number of aryl methyl sites for hydroxylation is 1. The van der Waals surface area contributed by atoms with Crippen molar-refractivity contribution >= 4 is 29.5 Å². The van der Waals surface area contributed by atoms with Crippen LogP contribution in [-0.2, 0) is 4.79 Å². The third-order valence-corrected chi connectivity index (χ3v) is 4.39. The van der Waals surface area contributed by atoms with Gasteiger partial charge in [0.05, 0.1) is 0 Å². The van der Waals surface area contributed by atoms with Crippen molar-refractivity contribution < 1.29 is 9.59 Å². The number of nitrogens with zero attached hydrogens (tertiary/aromatic N) is 1. The number of nitrogens with one attached hydrogen (secondary N) is 1. The van der Waals surface area contributed by atoms with E-state index in [1.54, 1.807) is 35.2 Å². The lowest BCUT2D eigenvalue weighted by atomic mass is 10.1. The van der Waals surface area contributed by atoms with Crippen LogP contribution in [-0.4, -0.2) is 29.8 Å². The van der Waals surface area contributed by atoms with Gasteiger partial charge in [-0.05, 0) is 50.6 Å². The molecule has 2 rings (SSSR count). The minimum Gasteiger partial charge on any atom is -0.338 e. The van der Waals surface area contributed by atoms with E-state index in [4.69, 9.17) is 11.6 Å².